The van der Waals surface area contributed by atoms with Gasteiger partial charge in [-0.25, -0.2) is 4.99 Å². The Morgan fingerprint density at radius 1 is 1.15 bits per heavy atom. The van der Waals surface area contributed by atoms with Crippen LogP contribution >= 0.6 is 0 Å². The van der Waals surface area contributed by atoms with Crippen LogP contribution in [0.4, 0.5) is 17.1 Å². The van der Waals surface area contributed by atoms with Crippen LogP contribution in [0.25, 0.3) is 0 Å². The third-order valence-corrected chi connectivity index (χ3v) is 3.88. The Kier molecular flexibility index (Phi) is 5.11. The number of non-ortho nitro benzene ring substituents is 1. The molecule has 0 spiro atoms. The fourth-order valence-electron chi connectivity index (χ4n) is 2.47. The van der Waals surface area contributed by atoms with Gasteiger partial charge in [-0.05, 0) is 31.2 Å². The average molecular weight is 367 g/mol. The van der Waals surface area contributed by atoms with Crippen molar-refractivity contribution < 1.29 is 14.5 Å². The van der Waals surface area contributed by atoms with Gasteiger partial charge in [0.05, 0.1) is 11.3 Å². The van der Waals surface area contributed by atoms with E-state index in [0.717, 1.165) is 11.3 Å². The third kappa shape index (κ3) is 4.66. The van der Waals surface area contributed by atoms with Gasteiger partial charge in [0.15, 0.2) is 0 Å². The Morgan fingerprint density at radius 3 is 2.41 bits per heavy atom. The number of hydrogen-bond donors (Lipinski definition) is 3. The van der Waals surface area contributed by atoms with E-state index in [2.05, 4.69) is 20.9 Å². The first kappa shape index (κ1) is 18.1. The maximum Gasteiger partial charge on any atom is 0.269 e. The van der Waals surface area contributed by atoms with E-state index in [-0.39, 0.29) is 24.0 Å². The number of aliphatic imine (C=N–C) groups is 1. The number of guanidine groups is 1. The molecule has 9 heteroatoms. The van der Waals surface area contributed by atoms with Gasteiger partial charge in [0.25, 0.3) is 5.69 Å². The highest BCUT2D eigenvalue weighted by Gasteiger charge is 2.27. The second-order valence-electron chi connectivity index (χ2n) is 6.03. The molecule has 138 valence electrons. The molecule has 9 nitrogen and oxygen atoms in total. The Bertz CT molecular complexity index is 906. The predicted octanol–water partition coefficient (Wildman–Crippen LogP) is 2.20. The zero-order chi connectivity index (χ0) is 19.4. The summed E-state index contributed by atoms with van der Waals surface area (Å²) in [7, 11) is 0. The van der Waals surface area contributed by atoms with Crippen molar-refractivity contribution in [3.05, 3.63) is 64.2 Å². The van der Waals surface area contributed by atoms with E-state index >= 15 is 0 Å². The van der Waals surface area contributed by atoms with Crippen LogP contribution in [0.3, 0.4) is 0 Å². The molecule has 1 heterocycles. The molecule has 1 atom stereocenters. The van der Waals surface area contributed by atoms with Crippen molar-refractivity contribution in [2.24, 2.45) is 4.99 Å². The lowest BCUT2D eigenvalue weighted by molar-refractivity contribution is -0.384. The standard InChI is InChI=1S/C18H17N5O4/c1-11-2-4-13(5-3-11)20-18-21-15(10-16(24)22-18)17(25)19-12-6-8-14(9-7-12)23(26)27/h2-9,15H,10H2,1H3,(H,19,25)(H2,20,21,22,24). The van der Waals surface area contributed by atoms with Gasteiger partial charge in [0.2, 0.25) is 17.8 Å². The lowest BCUT2D eigenvalue weighted by atomic mass is 10.1. The molecule has 3 N–H and O–H groups in total. The van der Waals surface area contributed by atoms with E-state index in [4.69, 9.17) is 0 Å². The van der Waals surface area contributed by atoms with Crippen LogP contribution in [-0.2, 0) is 9.59 Å². The lowest BCUT2D eigenvalue weighted by Gasteiger charge is -2.21. The number of rotatable bonds is 4. The molecule has 1 unspecified atom stereocenters. The zero-order valence-electron chi connectivity index (χ0n) is 14.4. The predicted molar refractivity (Wildman–Crippen MR) is 101 cm³/mol. The highest BCUT2D eigenvalue weighted by molar-refractivity contribution is 6.10. The fourth-order valence-corrected chi connectivity index (χ4v) is 2.47. The summed E-state index contributed by atoms with van der Waals surface area (Å²) in [6.07, 6.45) is -0.0854. The van der Waals surface area contributed by atoms with Crippen LogP contribution in [0.5, 0.6) is 0 Å². The first-order valence-corrected chi connectivity index (χ1v) is 8.17. The van der Waals surface area contributed by atoms with Crippen LogP contribution in [0.1, 0.15) is 12.0 Å². The smallest absolute Gasteiger partial charge is 0.269 e. The molecule has 0 bridgehead atoms. The number of carbonyl (C=O) groups excluding carboxylic acids is 2. The van der Waals surface area contributed by atoms with Crippen molar-refractivity contribution in [2.45, 2.75) is 19.4 Å². The summed E-state index contributed by atoms with van der Waals surface area (Å²) in [6, 6.07) is 12.0. The first-order valence-electron chi connectivity index (χ1n) is 8.17. The molecule has 0 saturated carbocycles. The second-order valence-corrected chi connectivity index (χ2v) is 6.03. The van der Waals surface area contributed by atoms with Crippen LogP contribution in [0.15, 0.2) is 53.5 Å². The number of amides is 2. The molecule has 0 aromatic heterocycles. The average Bonchev–Trinajstić information content (AvgIpc) is 2.63. The number of anilines is 2. The molecule has 0 saturated heterocycles. The van der Waals surface area contributed by atoms with Crippen molar-refractivity contribution in [1.82, 2.24) is 5.32 Å². The van der Waals surface area contributed by atoms with Crippen molar-refractivity contribution in [3.63, 3.8) is 0 Å². The van der Waals surface area contributed by atoms with Gasteiger partial charge in [-0.1, -0.05) is 17.7 Å². The zero-order valence-corrected chi connectivity index (χ0v) is 14.4. The highest BCUT2D eigenvalue weighted by atomic mass is 16.6. The largest absolute Gasteiger partial charge is 0.326 e. The van der Waals surface area contributed by atoms with Crippen LogP contribution in [0.2, 0.25) is 0 Å². The summed E-state index contributed by atoms with van der Waals surface area (Å²) in [5, 5.41) is 18.8. The van der Waals surface area contributed by atoms with Gasteiger partial charge >= 0.3 is 0 Å². The molecular formula is C18H17N5O4. The lowest BCUT2D eigenvalue weighted by Crippen LogP contribution is -2.45. The maximum absolute atomic E-state index is 12.4. The van der Waals surface area contributed by atoms with E-state index in [1.165, 1.54) is 24.3 Å². The summed E-state index contributed by atoms with van der Waals surface area (Å²) < 4.78 is 0. The minimum absolute atomic E-state index is 0.0763. The molecule has 0 radical (unpaired) electrons. The van der Waals surface area contributed by atoms with Gasteiger partial charge in [0, 0.05) is 23.5 Å². The third-order valence-electron chi connectivity index (χ3n) is 3.88. The van der Waals surface area contributed by atoms with Crippen LogP contribution < -0.4 is 16.0 Å². The van der Waals surface area contributed by atoms with Gasteiger partial charge in [-0.3, -0.25) is 25.0 Å². The van der Waals surface area contributed by atoms with Gasteiger partial charge < -0.3 is 10.6 Å². The van der Waals surface area contributed by atoms with Crippen molar-refractivity contribution in [1.29, 1.82) is 0 Å². The summed E-state index contributed by atoms with van der Waals surface area (Å²) in [5.74, 6) is -0.607. The maximum atomic E-state index is 12.4. The number of benzene rings is 2. The number of nitro groups is 1. The monoisotopic (exact) mass is 367 g/mol. The summed E-state index contributed by atoms with van der Waals surface area (Å²) in [4.78, 5) is 38.7. The number of carbonyl (C=O) groups is 2. The SMILES string of the molecule is Cc1ccc(NC2=NC(C(=O)Nc3ccc([N+](=O)[O-])cc3)CC(=O)N2)cc1. The number of nitrogens with one attached hydrogen (secondary N) is 3. The molecule has 27 heavy (non-hydrogen) atoms. The highest BCUT2D eigenvalue weighted by Crippen LogP contribution is 2.17. The Labute approximate surface area is 154 Å². The van der Waals surface area contributed by atoms with Crippen molar-refractivity contribution in [3.8, 4) is 0 Å². The van der Waals surface area contributed by atoms with E-state index in [1.54, 1.807) is 0 Å². The van der Waals surface area contributed by atoms with Crippen molar-refractivity contribution >= 4 is 34.8 Å². The minimum Gasteiger partial charge on any atom is -0.326 e. The molecule has 2 amide bonds. The first-order chi connectivity index (χ1) is 12.9. The summed E-state index contributed by atoms with van der Waals surface area (Å²) in [5.41, 5.74) is 2.14. The van der Waals surface area contributed by atoms with E-state index in [9.17, 15) is 19.7 Å². The molecule has 3 rings (SSSR count). The van der Waals surface area contributed by atoms with Gasteiger partial charge in [0.1, 0.15) is 6.04 Å². The quantitative estimate of drug-likeness (QED) is 0.564. The minimum atomic E-state index is -0.901. The normalized spacial score (nSPS) is 16.1. The van der Waals surface area contributed by atoms with Crippen molar-refractivity contribution in [2.75, 3.05) is 10.6 Å². The second kappa shape index (κ2) is 7.65. The van der Waals surface area contributed by atoms with Crippen LogP contribution in [-0.4, -0.2) is 28.7 Å². The van der Waals surface area contributed by atoms with Gasteiger partial charge in [-0.2, -0.15) is 0 Å². The molecule has 2 aromatic carbocycles. The molecule has 0 aliphatic carbocycles. The molecule has 1 aliphatic rings. The topological polar surface area (TPSA) is 126 Å². The van der Waals surface area contributed by atoms with E-state index in [1.807, 2.05) is 31.2 Å². The van der Waals surface area contributed by atoms with E-state index < -0.39 is 16.9 Å². The number of aryl methyl sites for hydroxylation is 1. The molecular weight excluding hydrogens is 350 g/mol. The van der Waals surface area contributed by atoms with Crippen LogP contribution in [0, 0.1) is 17.0 Å². The molecule has 2 aromatic rings. The number of nitro benzene ring substituents is 1. The molecule has 0 fully saturated rings. The van der Waals surface area contributed by atoms with E-state index in [0.29, 0.717) is 5.69 Å². The van der Waals surface area contributed by atoms with Gasteiger partial charge in [-0.15, -0.1) is 0 Å². The molecule has 1 aliphatic heterocycles. The number of nitrogens with zero attached hydrogens (tertiary/aromatic N) is 2. The number of hydrogen-bond acceptors (Lipinski definition) is 6. The fraction of sp³-hybridized carbons (Fsp3) is 0.167. The summed E-state index contributed by atoms with van der Waals surface area (Å²) in [6.45, 7) is 1.96. The summed E-state index contributed by atoms with van der Waals surface area (Å²) >= 11 is 0. The Balaban J connectivity index is 1.70. The Morgan fingerprint density at radius 2 is 1.78 bits per heavy atom. The Hall–Kier alpha value is -3.75.